The summed E-state index contributed by atoms with van der Waals surface area (Å²) in [7, 11) is -4.33. The predicted molar refractivity (Wildman–Crippen MR) is 123 cm³/mol. The lowest BCUT2D eigenvalue weighted by molar-refractivity contribution is 0.289. The fourth-order valence-electron chi connectivity index (χ4n) is 4.01. The molecule has 3 nitrogen and oxygen atoms in total. The lowest BCUT2D eigenvalue weighted by Crippen LogP contribution is -2.49. The highest BCUT2D eigenvalue weighted by molar-refractivity contribution is 6.50. The Balaban J connectivity index is 0.000000654. The molecule has 176 valence electrons. The molecule has 0 saturated carbocycles. The third-order valence-corrected chi connectivity index (χ3v) is 5.34. The Hall–Kier alpha value is -2.51. The van der Waals surface area contributed by atoms with E-state index < -0.39 is 7.25 Å². The van der Waals surface area contributed by atoms with Crippen molar-refractivity contribution in [1.82, 2.24) is 4.58 Å². The Morgan fingerprint density at radius 1 is 1.16 bits per heavy atom. The second-order valence-electron chi connectivity index (χ2n) is 9.44. The fourth-order valence-corrected chi connectivity index (χ4v) is 4.01. The maximum absolute atomic E-state index is 9.75. The minimum absolute atomic E-state index is 0.0140. The molecule has 3 rings (SSSR count). The summed E-state index contributed by atoms with van der Waals surface area (Å²) in [5.74, 6) is 1.89. The zero-order valence-corrected chi connectivity index (χ0v) is 20.0. The number of hydrogen-bond donors (Lipinski definition) is 0. The van der Waals surface area contributed by atoms with E-state index in [4.69, 9.17) is 9.47 Å². The van der Waals surface area contributed by atoms with Crippen molar-refractivity contribution in [3.05, 3.63) is 58.5 Å². The molecule has 0 spiro atoms. The molecular formula is C24H32BF4NO2. The third kappa shape index (κ3) is 6.05. The summed E-state index contributed by atoms with van der Waals surface area (Å²) < 4.78 is 53.0. The quantitative estimate of drug-likeness (QED) is 0.267. The first-order valence-electron chi connectivity index (χ1n) is 10.6. The largest absolute Gasteiger partial charge is 0.673 e. The van der Waals surface area contributed by atoms with Crippen LogP contribution in [0.5, 0.6) is 5.75 Å². The van der Waals surface area contributed by atoms with Crippen molar-refractivity contribution in [3.63, 3.8) is 0 Å². The van der Waals surface area contributed by atoms with Crippen molar-refractivity contribution < 1.29 is 26.7 Å². The molecule has 0 unspecified atom stereocenters. The summed E-state index contributed by atoms with van der Waals surface area (Å²) in [5.41, 5.74) is 3.61. The molecule has 2 heterocycles. The number of benzene rings is 1. The fraction of sp³-hybridized carbons (Fsp3) is 0.458. The van der Waals surface area contributed by atoms with E-state index in [9.17, 15) is 17.3 Å². The van der Waals surface area contributed by atoms with Gasteiger partial charge in [-0.05, 0) is 49.3 Å². The van der Waals surface area contributed by atoms with Crippen molar-refractivity contribution in [1.29, 1.82) is 0 Å². The van der Waals surface area contributed by atoms with Crippen LogP contribution in [0.3, 0.4) is 0 Å². The van der Waals surface area contributed by atoms with Crippen LogP contribution in [-0.2, 0) is 4.74 Å². The minimum Gasteiger partial charge on any atom is -0.504 e. The molecule has 2 aliphatic rings. The summed E-state index contributed by atoms with van der Waals surface area (Å²) in [4.78, 5) is 0. The maximum atomic E-state index is 9.75. The Labute approximate surface area is 187 Å². The molecule has 32 heavy (non-hydrogen) atoms. The molecule has 0 aromatic heterocycles. The van der Waals surface area contributed by atoms with Crippen LogP contribution in [0.2, 0.25) is 0 Å². The van der Waals surface area contributed by atoms with E-state index in [0.29, 0.717) is 0 Å². The smallest absolute Gasteiger partial charge is 0.504 e. The van der Waals surface area contributed by atoms with Crippen molar-refractivity contribution in [2.45, 2.75) is 54.0 Å². The summed E-state index contributed by atoms with van der Waals surface area (Å²) >= 11 is 0. The van der Waals surface area contributed by atoms with Crippen LogP contribution in [0.4, 0.5) is 17.3 Å². The maximum Gasteiger partial charge on any atom is 0.673 e. The summed E-state index contributed by atoms with van der Waals surface area (Å²) in [6.45, 7) is 16.4. The Morgan fingerprint density at radius 2 is 1.75 bits per heavy atom. The molecule has 1 aromatic carbocycles. The van der Waals surface area contributed by atoms with Gasteiger partial charge in [-0.2, -0.15) is 0 Å². The van der Waals surface area contributed by atoms with Crippen molar-refractivity contribution in [2.75, 3.05) is 13.7 Å². The summed E-state index contributed by atoms with van der Waals surface area (Å²) in [6.07, 6.45) is 8.23. The molecule has 1 aromatic rings. The van der Waals surface area contributed by atoms with E-state index in [1.807, 2.05) is 6.08 Å². The van der Waals surface area contributed by atoms with Crippen molar-refractivity contribution >= 4 is 18.4 Å². The van der Waals surface area contributed by atoms with E-state index in [0.717, 1.165) is 28.8 Å². The first kappa shape index (κ1) is 25.8. The number of halogens is 4. The topological polar surface area (TPSA) is 21.5 Å². The zero-order valence-electron chi connectivity index (χ0n) is 20.0. The van der Waals surface area contributed by atoms with Gasteiger partial charge in [-0.1, -0.05) is 20.8 Å². The van der Waals surface area contributed by atoms with Crippen molar-refractivity contribution in [2.24, 2.45) is 5.41 Å². The van der Waals surface area contributed by atoms with Gasteiger partial charge in [-0.15, -0.1) is 0 Å². The molecule has 2 aliphatic heterocycles. The molecule has 0 atom stereocenters. The second kappa shape index (κ2) is 9.16. The van der Waals surface area contributed by atoms with Gasteiger partial charge in [-0.3, -0.25) is 0 Å². The van der Waals surface area contributed by atoms with Crippen LogP contribution in [0.1, 0.15) is 54.0 Å². The highest BCUT2D eigenvalue weighted by atomic mass is 19.5. The highest BCUT2D eigenvalue weighted by Gasteiger charge is 2.33. The van der Waals surface area contributed by atoms with Gasteiger partial charge in [0.2, 0.25) is 5.36 Å². The van der Waals surface area contributed by atoms with Crippen LogP contribution in [0.15, 0.2) is 42.4 Å². The molecule has 0 bridgehead atoms. The first-order chi connectivity index (χ1) is 14.6. The highest BCUT2D eigenvalue weighted by Crippen LogP contribution is 2.32. The van der Waals surface area contributed by atoms with Gasteiger partial charge in [0.15, 0.2) is 5.54 Å². The van der Waals surface area contributed by atoms with E-state index in [1.165, 1.54) is 16.5 Å². The van der Waals surface area contributed by atoms with E-state index >= 15 is 0 Å². The normalized spacial score (nSPS) is 17.5. The van der Waals surface area contributed by atoms with Crippen LogP contribution in [0.25, 0.3) is 11.1 Å². The molecule has 0 radical (unpaired) electrons. The molecule has 0 N–H and O–H groups in total. The lowest BCUT2D eigenvalue weighted by atomic mass is 9.89. The van der Waals surface area contributed by atoms with Gasteiger partial charge in [0.25, 0.3) is 0 Å². The standard InChI is InChI=1S/C24H32NO2.BF4/c1-9-25-20-14-21-19(13-18(20)16(2)15-24(25,6)7)17(10-11-26-8)12-22(27-21)23(3,4)5;2-1(3,4)5/h10-15H,9H2,1-8H3;/q+1;-1. The van der Waals surface area contributed by atoms with Gasteiger partial charge < -0.3 is 26.7 Å². The average Bonchev–Trinajstić information content (AvgIpc) is 2.62. The van der Waals surface area contributed by atoms with E-state index in [2.05, 4.69) is 77.3 Å². The van der Waals surface area contributed by atoms with Crippen LogP contribution < -0.4 is 19.9 Å². The van der Waals surface area contributed by atoms with Gasteiger partial charge in [-0.25, -0.2) is 4.58 Å². The first-order valence-corrected chi connectivity index (χ1v) is 10.6. The number of hydrogen-bond acceptors (Lipinski definition) is 2. The third-order valence-electron chi connectivity index (χ3n) is 5.34. The Morgan fingerprint density at radius 3 is 2.25 bits per heavy atom. The van der Waals surface area contributed by atoms with Gasteiger partial charge in [0.1, 0.15) is 18.1 Å². The predicted octanol–water partition coefficient (Wildman–Crippen LogP) is 5.33. The molecule has 0 fully saturated rings. The summed E-state index contributed by atoms with van der Waals surface area (Å²) in [5, 5.41) is 2.35. The van der Waals surface area contributed by atoms with E-state index in [-0.39, 0.29) is 11.0 Å². The number of fused-ring (bicyclic) bond motifs is 2. The summed E-state index contributed by atoms with van der Waals surface area (Å²) in [6, 6.07) is 4.48. The molecular weight excluding hydrogens is 421 g/mol. The zero-order chi connectivity index (χ0) is 24.5. The number of nitrogens with zero attached hydrogens (tertiary/aromatic N) is 1. The van der Waals surface area contributed by atoms with E-state index in [1.54, 1.807) is 13.4 Å². The SMILES string of the molecule is CC[N+]1=c2cc3c(cc2C(C)=CC1(C)C)=C(C=COC)C=C(C(C)(C)C)O3.F[B-](F)(F)F. The second-order valence-corrected chi connectivity index (χ2v) is 9.44. The Kier molecular flexibility index (Phi) is 7.37. The number of allylic oxidation sites excluding steroid dienone is 4. The number of rotatable bonds is 3. The van der Waals surface area contributed by atoms with Crippen LogP contribution in [-0.4, -0.2) is 26.4 Å². The van der Waals surface area contributed by atoms with Crippen molar-refractivity contribution in [3.8, 4) is 5.75 Å². The molecule has 0 aliphatic carbocycles. The monoisotopic (exact) mass is 453 g/mol. The minimum atomic E-state index is -6.00. The number of ether oxygens (including phenoxy) is 2. The van der Waals surface area contributed by atoms with Gasteiger partial charge >= 0.3 is 7.25 Å². The Bertz CT molecular complexity index is 1080. The number of likely N-dealkylation sites (N-methyl/N-ethyl adjacent to an activating group) is 1. The van der Waals surface area contributed by atoms with Gasteiger partial charge in [0.05, 0.1) is 19.4 Å². The van der Waals surface area contributed by atoms with Crippen LogP contribution >= 0.6 is 0 Å². The molecule has 8 heteroatoms. The molecule has 0 saturated heterocycles. The number of methoxy groups -OCH3 is 1. The van der Waals surface area contributed by atoms with Crippen LogP contribution in [0, 0.1) is 5.41 Å². The average molecular weight is 453 g/mol. The molecule has 0 amide bonds. The van der Waals surface area contributed by atoms with Gasteiger partial charge in [0, 0.05) is 30.0 Å². The lowest BCUT2D eigenvalue weighted by Gasteiger charge is -2.28.